The molecular weight excluding hydrogens is 368 g/mol. The lowest BCUT2D eigenvalue weighted by Gasteiger charge is -2.28. The van der Waals surface area contributed by atoms with E-state index in [9.17, 15) is 13.2 Å². The van der Waals surface area contributed by atoms with Gasteiger partial charge in [0.2, 0.25) is 0 Å². The van der Waals surface area contributed by atoms with Gasteiger partial charge in [-0.2, -0.15) is 0 Å². The van der Waals surface area contributed by atoms with Gasteiger partial charge in [-0.3, -0.25) is 4.79 Å². The van der Waals surface area contributed by atoms with Gasteiger partial charge in [-0.25, -0.2) is 8.42 Å². The third-order valence-corrected chi connectivity index (χ3v) is 8.92. The number of rotatable bonds is 11. The molecule has 1 atom stereocenters. The normalized spacial score (nSPS) is 21.4. The molecule has 1 aromatic rings. The molecule has 0 aromatic heterocycles. The number of sulfone groups is 1. The van der Waals surface area contributed by atoms with E-state index in [0.29, 0.717) is 24.4 Å². The van der Waals surface area contributed by atoms with Crippen LogP contribution in [-0.4, -0.2) is 25.2 Å². The van der Waals surface area contributed by atoms with E-state index < -0.39 is 9.84 Å². The van der Waals surface area contributed by atoms with Crippen LogP contribution in [0.25, 0.3) is 0 Å². The first kappa shape index (κ1) is 23.1. The molecule has 1 aliphatic rings. The number of unbranched alkanes of at least 4 members (excludes halogenated alkanes) is 2. The van der Waals surface area contributed by atoms with Gasteiger partial charge >= 0.3 is 0 Å². The SMILES string of the molecule is CCC(C)S(=O)(=O)CC1CCC(C(=O)CCCCCc2cccc(C)c2)CC1. The van der Waals surface area contributed by atoms with E-state index >= 15 is 0 Å². The highest BCUT2D eigenvalue weighted by Crippen LogP contribution is 2.32. The number of benzene rings is 1. The van der Waals surface area contributed by atoms with Gasteiger partial charge in [0.05, 0.1) is 11.0 Å². The number of hydrogen-bond acceptors (Lipinski definition) is 3. The number of ketones is 1. The molecule has 0 heterocycles. The summed E-state index contributed by atoms with van der Waals surface area (Å²) < 4.78 is 24.6. The summed E-state index contributed by atoms with van der Waals surface area (Å²) in [6.45, 7) is 5.86. The van der Waals surface area contributed by atoms with Gasteiger partial charge in [0.25, 0.3) is 0 Å². The molecule has 0 N–H and O–H groups in total. The summed E-state index contributed by atoms with van der Waals surface area (Å²) in [6, 6.07) is 8.65. The molecular formula is C24H38O3S. The fraction of sp³-hybridized carbons (Fsp3) is 0.708. The van der Waals surface area contributed by atoms with Crippen LogP contribution in [0.1, 0.15) is 82.8 Å². The van der Waals surface area contributed by atoms with Crippen LogP contribution < -0.4 is 0 Å². The first-order chi connectivity index (χ1) is 13.3. The van der Waals surface area contributed by atoms with Crippen LogP contribution in [0, 0.1) is 18.8 Å². The van der Waals surface area contributed by atoms with Crippen molar-refractivity contribution in [1.82, 2.24) is 0 Å². The Bertz CT molecular complexity index is 715. The molecule has 1 fully saturated rings. The predicted octanol–water partition coefficient (Wildman–Crippen LogP) is 5.69. The second-order valence-corrected chi connectivity index (χ2v) is 11.2. The highest BCUT2D eigenvalue weighted by molar-refractivity contribution is 7.92. The van der Waals surface area contributed by atoms with Crippen LogP contribution >= 0.6 is 0 Å². The van der Waals surface area contributed by atoms with E-state index in [1.165, 1.54) is 11.1 Å². The molecule has 0 saturated heterocycles. The molecule has 158 valence electrons. The van der Waals surface area contributed by atoms with Gasteiger partial charge in [-0.15, -0.1) is 0 Å². The molecule has 1 saturated carbocycles. The number of aryl methyl sites for hydroxylation is 2. The maximum absolute atomic E-state index is 12.5. The average Bonchev–Trinajstić information content (AvgIpc) is 2.67. The van der Waals surface area contributed by atoms with E-state index in [-0.39, 0.29) is 17.1 Å². The van der Waals surface area contributed by atoms with Crippen LogP contribution in [0.4, 0.5) is 0 Å². The predicted molar refractivity (Wildman–Crippen MR) is 117 cm³/mol. The smallest absolute Gasteiger partial charge is 0.153 e. The Morgan fingerprint density at radius 1 is 1.11 bits per heavy atom. The summed E-state index contributed by atoms with van der Waals surface area (Å²) in [5.41, 5.74) is 2.69. The zero-order valence-electron chi connectivity index (χ0n) is 18.0. The topological polar surface area (TPSA) is 51.2 Å². The zero-order chi connectivity index (χ0) is 20.6. The van der Waals surface area contributed by atoms with Crippen LogP contribution in [-0.2, 0) is 21.1 Å². The Morgan fingerprint density at radius 3 is 2.46 bits per heavy atom. The first-order valence-electron chi connectivity index (χ1n) is 11.1. The molecule has 1 aliphatic carbocycles. The van der Waals surface area contributed by atoms with Crippen molar-refractivity contribution < 1.29 is 13.2 Å². The monoisotopic (exact) mass is 406 g/mol. The summed E-state index contributed by atoms with van der Waals surface area (Å²) in [5.74, 6) is 1.12. The van der Waals surface area contributed by atoms with Gasteiger partial charge in [0.1, 0.15) is 5.78 Å². The molecule has 0 radical (unpaired) electrons. The Balaban J connectivity index is 1.63. The maximum Gasteiger partial charge on any atom is 0.153 e. The van der Waals surface area contributed by atoms with Crippen molar-refractivity contribution in [3.8, 4) is 0 Å². The van der Waals surface area contributed by atoms with Crippen molar-refractivity contribution in [1.29, 1.82) is 0 Å². The number of carbonyl (C=O) groups excluding carboxylic acids is 1. The van der Waals surface area contributed by atoms with E-state index in [4.69, 9.17) is 0 Å². The number of carbonyl (C=O) groups is 1. The van der Waals surface area contributed by atoms with E-state index in [1.807, 2.05) is 13.8 Å². The summed E-state index contributed by atoms with van der Waals surface area (Å²) in [7, 11) is -2.98. The highest BCUT2D eigenvalue weighted by Gasteiger charge is 2.30. The minimum absolute atomic E-state index is 0.166. The van der Waals surface area contributed by atoms with Crippen LogP contribution in [0.5, 0.6) is 0 Å². The Hall–Kier alpha value is -1.16. The Labute approximate surface area is 172 Å². The molecule has 3 nitrogen and oxygen atoms in total. The van der Waals surface area contributed by atoms with E-state index in [1.54, 1.807) is 0 Å². The van der Waals surface area contributed by atoms with Crippen LogP contribution in [0.3, 0.4) is 0 Å². The van der Waals surface area contributed by atoms with Crippen molar-refractivity contribution in [3.63, 3.8) is 0 Å². The minimum Gasteiger partial charge on any atom is -0.299 e. The number of hydrogen-bond donors (Lipinski definition) is 0. The number of Topliss-reactive ketones (excluding diaryl/α,β-unsaturated/α-hetero) is 1. The molecule has 0 bridgehead atoms. The zero-order valence-corrected chi connectivity index (χ0v) is 18.8. The fourth-order valence-corrected chi connectivity index (χ4v) is 6.10. The third kappa shape index (κ3) is 7.35. The van der Waals surface area contributed by atoms with Gasteiger partial charge in [0.15, 0.2) is 9.84 Å². The molecule has 0 spiro atoms. The fourth-order valence-electron chi connectivity index (χ4n) is 4.27. The average molecular weight is 407 g/mol. The summed E-state index contributed by atoms with van der Waals surface area (Å²) in [6.07, 6.45) is 9.20. The minimum atomic E-state index is -2.98. The highest BCUT2D eigenvalue weighted by atomic mass is 32.2. The lowest BCUT2D eigenvalue weighted by molar-refractivity contribution is -0.124. The first-order valence-corrected chi connectivity index (χ1v) is 12.8. The van der Waals surface area contributed by atoms with Gasteiger partial charge in [-0.1, -0.05) is 43.2 Å². The molecule has 1 aromatic carbocycles. The Kier molecular flexibility index (Phi) is 9.20. The van der Waals surface area contributed by atoms with E-state index in [0.717, 1.165) is 51.4 Å². The molecule has 4 heteroatoms. The standard InChI is InChI=1S/C24H38O3S/c1-4-20(3)28(26,27)18-22-13-15-23(16-14-22)24(25)12-7-5-6-10-21-11-8-9-19(2)17-21/h8-9,11,17,20,22-23H,4-7,10,12-16,18H2,1-3H3. The molecule has 2 rings (SSSR count). The van der Waals surface area contributed by atoms with Crippen LogP contribution in [0.15, 0.2) is 24.3 Å². The maximum atomic E-state index is 12.5. The van der Waals surface area contributed by atoms with Crippen molar-refractivity contribution in [2.75, 3.05) is 5.75 Å². The quantitative estimate of drug-likeness (QED) is 0.444. The summed E-state index contributed by atoms with van der Waals surface area (Å²) in [4.78, 5) is 12.5. The third-order valence-electron chi connectivity index (χ3n) is 6.43. The summed E-state index contributed by atoms with van der Waals surface area (Å²) >= 11 is 0. The molecule has 28 heavy (non-hydrogen) atoms. The second-order valence-electron chi connectivity index (χ2n) is 8.78. The van der Waals surface area contributed by atoms with Crippen molar-refractivity contribution >= 4 is 15.6 Å². The van der Waals surface area contributed by atoms with Gasteiger partial charge in [-0.05, 0) is 76.7 Å². The lowest BCUT2D eigenvalue weighted by atomic mass is 9.80. The van der Waals surface area contributed by atoms with E-state index in [2.05, 4.69) is 31.2 Å². The van der Waals surface area contributed by atoms with Gasteiger partial charge < -0.3 is 0 Å². The van der Waals surface area contributed by atoms with Gasteiger partial charge in [0, 0.05) is 12.3 Å². The second kappa shape index (κ2) is 11.1. The lowest BCUT2D eigenvalue weighted by Crippen LogP contribution is -2.29. The van der Waals surface area contributed by atoms with Crippen molar-refractivity contribution in [2.45, 2.75) is 90.2 Å². The molecule has 0 aliphatic heterocycles. The largest absolute Gasteiger partial charge is 0.299 e. The summed E-state index contributed by atoms with van der Waals surface area (Å²) in [5, 5.41) is -0.244. The Morgan fingerprint density at radius 2 is 1.82 bits per heavy atom. The van der Waals surface area contributed by atoms with Crippen molar-refractivity contribution in [2.24, 2.45) is 11.8 Å². The molecule has 0 amide bonds. The molecule has 1 unspecified atom stereocenters. The van der Waals surface area contributed by atoms with Crippen LogP contribution in [0.2, 0.25) is 0 Å². The van der Waals surface area contributed by atoms with Crippen molar-refractivity contribution in [3.05, 3.63) is 35.4 Å².